The fraction of sp³-hybridized carbons (Fsp3) is 0.500. The summed E-state index contributed by atoms with van der Waals surface area (Å²) in [5, 5.41) is 14.8. The quantitative estimate of drug-likeness (QED) is 0.360. The van der Waals surface area contributed by atoms with Crippen LogP contribution in [0.1, 0.15) is 13.8 Å². The molecule has 0 aromatic rings. The molecule has 0 aliphatic carbocycles. The molecule has 0 saturated heterocycles. The zero-order chi connectivity index (χ0) is 12.3. The van der Waals surface area contributed by atoms with Crippen molar-refractivity contribution in [3.8, 4) is 0 Å². The zero-order valence-electron chi connectivity index (χ0n) is 7.24. The van der Waals surface area contributed by atoms with E-state index < -0.39 is 32.2 Å². The molecule has 0 amide bonds. The van der Waals surface area contributed by atoms with Gasteiger partial charge in [0.1, 0.15) is 0 Å². The second-order valence-electron chi connectivity index (χ2n) is 1.47. The maximum Gasteiger partial charge on any atom is 0.300 e. The molecule has 0 aliphatic rings. The van der Waals surface area contributed by atoms with Crippen LogP contribution in [0.25, 0.3) is 0 Å². The number of rotatable bonds is 1. The summed E-state index contributed by atoms with van der Waals surface area (Å²) in [7, 11) is -5.18. The van der Waals surface area contributed by atoms with Gasteiger partial charge in [0.2, 0.25) is 0 Å². The van der Waals surface area contributed by atoms with Crippen LogP contribution in [0.2, 0.25) is 0 Å². The lowest BCUT2D eigenvalue weighted by atomic mass is 10.9. The lowest BCUT2D eigenvalue weighted by Gasteiger charge is -1.74. The highest BCUT2D eigenvalue weighted by Gasteiger charge is 1.95. The van der Waals surface area contributed by atoms with Gasteiger partial charge in [-0.15, -0.1) is 0 Å². The van der Waals surface area contributed by atoms with Gasteiger partial charge in [-0.05, 0) is 0 Å². The Morgan fingerprint density at radius 1 is 0.857 bits per heavy atom. The first-order chi connectivity index (χ1) is 6.11. The summed E-state index contributed by atoms with van der Waals surface area (Å²) in [4.78, 5) is 18.0. The Kier molecular flexibility index (Phi) is 16.4. The molecule has 0 saturated carbocycles. The third-order valence-electron chi connectivity index (χ3n) is 0.122. The molecule has 10 heteroatoms. The zero-order valence-corrected chi connectivity index (χ0v) is 8.87. The van der Waals surface area contributed by atoms with Gasteiger partial charge in [0.05, 0.1) is 0 Å². The van der Waals surface area contributed by atoms with E-state index in [0.29, 0.717) is 0 Å². The number of hydrogen-bond donors (Lipinski definition) is 4. The van der Waals surface area contributed by atoms with Gasteiger partial charge in [0, 0.05) is 13.8 Å². The molecular weight excluding hydrogens is 240 g/mol. The summed E-state index contributed by atoms with van der Waals surface area (Å²) in [5.41, 5.74) is 0. The van der Waals surface area contributed by atoms with Crippen LogP contribution in [0.3, 0.4) is 0 Å². The molecule has 0 bridgehead atoms. The van der Waals surface area contributed by atoms with Crippen molar-refractivity contribution in [3.05, 3.63) is 0 Å². The molecule has 14 heavy (non-hydrogen) atoms. The van der Waals surface area contributed by atoms with Crippen LogP contribution in [0.4, 0.5) is 0 Å². The molecule has 0 aliphatic heterocycles. The van der Waals surface area contributed by atoms with Gasteiger partial charge in [-0.25, -0.2) is 8.42 Å². The average Bonchev–Trinajstić information content (AvgIpc) is 1.83. The maximum atomic E-state index is 9.26. The number of aliphatic carboxylic acids is 2. The van der Waals surface area contributed by atoms with Crippen molar-refractivity contribution in [1.82, 2.24) is 0 Å². The molecule has 0 heterocycles. The highest BCUT2D eigenvalue weighted by molar-refractivity contribution is 8.56. The highest BCUT2D eigenvalue weighted by Crippen LogP contribution is 1.74. The minimum absolute atomic E-state index is 0.833. The first-order valence-corrected chi connectivity index (χ1v) is 5.45. The van der Waals surface area contributed by atoms with Crippen molar-refractivity contribution in [2.75, 3.05) is 0 Å². The van der Waals surface area contributed by atoms with E-state index in [1.165, 1.54) is 0 Å². The van der Waals surface area contributed by atoms with Gasteiger partial charge in [0.25, 0.3) is 32.2 Å². The predicted molar refractivity (Wildman–Crippen MR) is 48.2 cm³/mol. The van der Waals surface area contributed by atoms with Gasteiger partial charge in [-0.2, -0.15) is 0 Å². The Labute approximate surface area is 83.9 Å². The molecule has 4 N–H and O–H groups in total. The van der Waals surface area contributed by atoms with Crippen LogP contribution in [0.15, 0.2) is 0 Å². The molecule has 86 valence electrons. The summed E-state index contributed by atoms with van der Waals surface area (Å²) in [5.74, 6) is -1.67. The van der Waals surface area contributed by atoms with Crippen LogP contribution >= 0.6 is 0 Å². The molecule has 0 spiro atoms. The topological polar surface area (TPSA) is 149 Å². The fourth-order valence-corrected chi connectivity index (χ4v) is 0. The Morgan fingerprint density at radius 2 is 0.929 bits per heavy atom. The Morgan fingerprint density at radius 3 is 0.929 bits per heavy atom. The van der Waals surface area contributed by atoms with E-state index in [-0.39, 0.29) is 0 Å². The van der Waals surface area contributed by atoms with E-state index in [2.05, 4.69) is 0 Å². The summed E-state index contributed by atoms with van der Waals surface area (Å²) < 4.78 is 33.6. The molecule has 0 fully saturated rings. The van der Waals surface area contributed by atoms with Crippen molar-refractivity contribution >= 4 is 32.2 Å². The lowest BCUT2D eigenvalue weighted by molar-refractivity contribution is -0.135. The van der Waals surface area contributed by atoms with E-state index in [0.717, 1.165) is 13.8 Å². The van der Waals surface area contributed by atoms with Crippen LogP contribution in [0.5, 0.6) is 0 Å². The van der Waals surface area contributed by atoms with Crippen molar-refractivity contribution in [2.45, 2.75) is 13.8 Å². The van der Waals surface area contributed by atoms with Crippen molar-refractivity contribution < 1.29 is 37.3 Å². The van der Waals surface area contributed by atoms with Crippen LogP contribution in [-0.2, 0) is 29.8 Å². The SMILES string of the molecule is CC(=O)O.CC(=O)O.O=S(O)S(=O)O. The van der Waals surface area contributed by atoms with Crippen LogP contribution in [-0.4, -0.2) is 39.7 Å². The minimum Gasteiger partial charge on any atom is -0.481 e. The predicted octanol–water partition coefficient (Wildman–Crippen LogP) is -0.473. The molecule has 2 unspecified atom stereocenters. The number of carbonyl (C=O) groups is 2. The first-order valence-electron chi connectivity index (χ1n) is 2.72. The number of carboxylic acids is 2. The monoisotopic (exact) mass is 250 g/mol. The van der Waals surface area contributed by atoms with Crippen LogP contribution < -0.4 is 0 Å². The van der Waals surface area contributed by atoms with Gasteiger partial charge < -0.3 is 10.2 Å². The van der Waals surface area contributed by atoms with Gasteiger partial charge in [-0.3, -0.25) is 18.7 Å². The minimum atomic E-state index is -2.59. The van der Waals surface area contributed by atoms with Gasteiger partial charge >= 0.3 is 0 Å². The first kappa shape index (κ1) is 18.9. The van der Waals surface area contributed by atoms with E-state index in [1.54, 1.807) is 0 Å². The smallest absolute Gasteiger partial charge is 0.300 e. The summed E-state index contributed by atoms with van der Waals surface area (Å²) in [6, 6.07) is 0. The van der Waals surface area contributed by atoms with E-state index in [9.17, 15) is 8.42 Å². The van der Waals surface area contributed by atoms with E-state index in [4.69, 9.17) is 28.9 Å². The normalized spacial score (nSPS) is 12.0. The van der Waals surface area contributed by atoms with Crippen molar-refractivity contribution in [1.29, 1.82) is 0 Å². The van der Waals surface area contributed by atoms with Crippen molar-refractivity contribution in [3.63, 3.8) is 0 Å². The highest BCUT2D eigenvalue weighted by atomic mass is 33.2. The molecule has 2 atom stereocenters. The summed E-state index contributed by atoms with van der Waals surface area (Å²) in [6.45, 7) is 2.17. The number of hydrogen-bond acceptors (Lipinski definition) is 4. The summed E-state index contributed by atoms with van der Waals surface area (Å²) >= 11 is 0. The molecule has 0 aromatic carbocycles. The Balaban J connectivity index is -0.000000135. The molecular formula is C4H10O8S2. The number of carboxylic acid groups (broad SMARTS) is 2. The molecule has 8 nitrogen and oxygen atoms in total. The standard InChI is InChI=1S/2C2H4O2.H2O4S2/c2*1-2(3)4;1-5(2)6(3)4/h2*1H3,(H,3,4);(H,1,2)(H,3,4). The molecule has 0 radical (unpaired) electrons. The van der Waals surface area contributed by atoms with E-state index >= 15 is 0 Å². The summed E-state index contributed by atoms with van der Waals surface area (Å²) in [6.07, 6.45) is 0. The molecule has 0 rings (SSSR count). The van der Waals surface area contributed by atoms with E-state index in [1.807, 2.05) is 0 Å². The van der Waals surface area contributed by atoms with Gasteiger partial charge in [0.15, 0.2) is 0 Å². The van der Waals surface area contributed by atoms with Gasteiger partial charge in [-0.1, -0.05) is 0 Å². The Bertz CT molecular complexity index is 191. The third kappa shape index (κ3) is 115. The van der Waals surface area contributed by atoms with Crippen molar-refractivity contribution in [2.24, 2.45) is 0 Å². The molecule has 0 aromatic heterocycles. The van der Waals surface area contributed by atoms with Crippen LogP contribution in [0, 0.1) is 0 Å². The Hall–Kier alpha value is -0.840. The second kappa shape index (κ2) is 12.2. The fourth-order valence-electron chi connectivity index (χ4n) is 0. The second-order valence-corrected chi connectivity index (χ2v) is 4.05. The maximum absolute atomic E-state index is 9.26. The average molecular weight is 250 g/mol. The lowest BCUT2D eigenvalue weighted by Crippen LogP contribution is -1.93. The third-order valence-corrected chi connectivity index (χ3v) is 1.10. The largest absolute Gasteiger partial charge is 0.481 e.